The van der Waals surface area contributed by atoms with Crippen LogP contribution in [0.2, 0.25) is 0 Å². The van der Waals surface area contributed by atoms with Crippen molar-refractivity contribution >= 4 is 29.8 Å². The lowest BCUT2D eigenvalue weighted by molar-refractivity contribution is -0.176. The minimum Gasteiger partial charge on any atom is -0.463 e. The fourth-order valence-electron chi connectivity index (χ4n) is 3.95. The molecule has 0 bridgehead atoms. The largest absolute Gasteiger partial charge is 0.463 e. The lowest BCUT2D eigenvalue weighted by Crippen LogP contribution is -2.47. The fourth-order valence-corrected chi connectivity index (χ4v) is 3.95. The summed E-state index contributed by atoms with van der Waals surface area (Å²) in [4.78, 5) is 67.9. The van der Waals surface area contributed by atoms with Crippen molar-refractivity contribution in [1.82, 2.24) is 10.3 Å². The van der Waals surface area contributed by atoms with Gasteiger partial charge in [-0.1, -0.05) is 34.6 Å². The van der Waals surface area contributed by atoms with Crippen LogP contribution >= 0.6 is 0 Å². The van der Waals surface area contributed by atoms with Gasteiger partial charge in [0, 0.05) is 6.20 Å². The highest BCUT2D eigenvalue weighted by molar-refractivity contribution is 5.98. The van der Waals surface area contributed by atoms with Gasteiger partial charge in [-0.25, -0.2) is 9.78 Å². The van der Waals surface area contributed by atoms with E-state index in [0.717, 1.165) is 0 Å². The van der Waals surface area contributed by atoms with E-state index in [9.17, 15) is 24.0 Å². The molecule has 0 aromatic carbocycles. The molecule has 4 atom stereocenters. The minimum absolute atomic E-state index is 0.0181. The zero-order valence-corrected chi connectivity index (χ0v) is 23.1. The minimum atomic E-state index is -1.38. The maximum absolute atomic E-state index is 13.2. The molecule has 1 aromatic heterocycles. The fraction of sp³-hybridized carbons (Fsp3) is 0.630. The average Bonchev–Trinajstić information content (AvgIpc) is 2.90. The third-order valence-electron chi connectivity index (χ3n) is 6.45. The van der Waals surface area contributed by atoms with Crippen molar-refractivity contribution in [3.8, 4) is 5.75 Å². The normalized spacial score (nSPS) is 22.0. The van der Waals surface area contributed by atoms with Crippen LogP contribution in [0.15, 0.2) is 12.3 Å². The van der Waals surface area contributed by atoms with Crippen LogP contribution < -0.4 is 10.1 Å². The predicted molar refractivity (Wildman–Crippen MR) is 135 cm³/mol. The van der Waals surface area contributed by atoms with Crippen LogP contribution in [0.3, 0.4) is 0 Å². The van der Waals surface area contributed by atoms with E-state index in [0.29, 0.717) is 18.4 Å². The summed E-state index contributed by atoms with van der Waals surface area (Å²) < 4.78 is 21.9. The first-order valence-corrected chi connectivity index (χ1v) is 13.0. The number of pyridine rings is 1. The number of cyclic esters (lactones) is 2. The van der Waals surface area contributed by atoms with Gasteiger partial charge < -0.3 is 24.3 Å². The number of nitrogens with one attached hydrogen (secondary N) is 1. The SMILES string of the molecule is CCC(CC)C(=O)Oc1c(C)ccnc1C(=O)N[C@H]1COC(=O)[C@H](CC)[C@@H](OC(=O)C(C)C)[C@H](C)OC1=O. The first kappa shape index (κ1) is 30.7. The highest BCUT2D eigenvalue weighted by Crippen LogP contribution is 2.25. The van der Waals surface area contributed by atoms with Gasteiger partial charge in [0.2, 0.25) is 0 Å². The Hall–Kier alpha value is -3.50. The van der Waals surface area contributed by atoms with Crippen molar-refractivity contribution in [1.29, 1.82) is 0 Å². The molecule has 2 heterocycles. The monoisotopic (exact) mass is 534 g/mol. The molecule has 1 aliphatic rings. The molecule has 1 saturated heterocycles. The number of aryl methyl sites for hydroxylation is 1. The molecule has 0 unspecified atom stereocenters. The maximum atomic E-state index is 13.2. The van der Waals surface area contributed by atoms with Crippen LogP contribution in [-0.4, -0.2) is 59.6 Å². The number of ether oxygens (including phenoxy) is 4. The van der Waals surface area contributed by atoms with Crippen LogP contribution in [0.25, 0.3) is 0 Å². The number of esters is 4. The second-order valence-electron chi connectivity index (χ2n) is 9.61. The van der Waals surface area contributed by atoms with Crippen LogP contribution in [0.1, 0.15) is 76.9 Å². The molecule has 11 heteroatoms. The quantitative estimate of drug-likeness (QED) is 0.370. The van der Waals surface area contributed by atoms with E-state index in [1.807, 2.05) is 13.8 Å². The lowest BCUT2D eigenvalue weighted by atomic mass is 9.95. The summed E-state index contributed by atoms with van der Waals surface area (Å²) >= 11 is 0. The number of carbonyl (C=O) groups is 5. The number of aromatic nitrogens is 1. The molecule has 2 rings (SSSR count). The number of amides is 1. The summed E-state index contributed by atoms with van der Waals surface area (Å²) in [5.41, 5.74) is 0.300. The van der Waals surface area contributed by atoms with E-state index < -0.39 is 66.5 Å². The van der Waals surface area contributed by atoms with E-state index in [4.69, 9.17) is 18.9 Å². The summed E-state index contributed by atoms with van der Waals surface area (Å²) in [6.45, 7) is 11.4. The molecule has 0 radical (unpaired) electrons. The number of carbonyl (C=O) groups excluding carboxylic acids is 5. The molecule has 38 heavy (non-hydrogen) atoms. The highest BCUT2D eigenvalue weighted by Gasteiger charge is 2.41. The Kier molecular flexibility index (Phi) is 11.2. The van der Waals surface area contributed by atoms with Crippen LogP contribution in [0.5, 0.6) is 5.75 Å². The lowest BCUT2D eigenvalue weighted by Gasteiger charge is -2.29. The van der Waals surface area contributed by atoms with E-state index >= 15 is 0 Å². The molecular weight excluding hydrogens is 496 g/mol. The van der Waals surface area contributed by atoms with Gasteiger partial charge in [-0.05, 0) is 44.7 Å². The third-order valence-corrected chi connectivity index (χ3v) is 6.45. The van der Waals surface area contributed by atoms with Gasteiger partial charge in [-0.2, -0.15) is 0 Å². The van der Waals surface area contributed by atoms with Crippen molar-refractivity contribution < 1.29 is 42.9 Å². The Bertz CT molecular complexity index is 1040. The van der Waals surface area contributed by atoms with Crippen molar-refractivity contribution in [2.45, 2.75) is 86.0 Å². The van der Waals surface area contributed by atoms with E-state index in [-0.39, 0.29) is 23.8 Å². The molecule has 1 amide bonds. The molecule has 0 spiro atoms. The van der Waals surface area contributed by atoms with Crippen molar-refractivity contribution in [3.05, 3.63) is 23.5 Å². The number of hydrogen-bond donors (Lipinski definition) is 1. The Balaban J connectivity index is 2.29. The second kappa shape index (κ2) is 13.9. The van der Waals surface area contributed by atoms with Crippen molar-refractivity contribution in [2.75, 3.05) is 6.61 Å². The molecule has 0 saturated carbocycles. The van der Waals surface area contributed by atoms with Crippen molar-refractivity contribution in [3.63, 3.8) is 0 Å². The molecule has 1 aromatic rings. The van der Waals surface area contributed by atoms with Gasteiger partial charge >= 0.3 is 23.9 Å². The van der Waals surface area contributed by atoms with Gasteiger partial charge in [0.15, 0.2) is 23.6 Å². The number of nitrogens with zero attached hydrogens (tertiary/aromatic N) is 1. The average molecular weight is 535 g/mol. The van der Waals surface area contributed by atoms with E-state index in [1.54, 1.807) is 33.8 Å². The van der Waals surface area contributed by atoms with E-state index in [2.05, 4.69) is 10.3 Å². The molecular formula is C27H38N2O9. The second-order valence-corrected chi connectivity index (χ2v) is 9.61. The predicted octanol–water partition coefficient (Wildman–Crippen LogP) is 2.91. The summed E-state index contributed by atoms with van der Waals surface area (Å²) in [6, 6.07) is 0.212. The smallest absolute Gasteiger partial charge is 0.332 e. The summed E-state index contributed by atoms with van der Waals surface area (Å²) in [5.74, 6) is -5.12. The Labute approximate surface area is 222 Å². The molecule has 1 aliphatic heterocycles. The number of hydrogen-bond acceptors (Lipinski definition) is 10. The summed E-state index contributed by atoms with van der Waals surface area (Å²) in [6.07, 6.45) is 0.734. The standard InChI is InChI=1S/C27H38N2O9/c1-8-17(9-2)25(32)37-21-15(6)11-12-28-20(21)23(30)29-19-13-35-26(33)18(10-3)22(16(7)36-27(19)34)38-24(31)14(4)5/h11-12,14,16-19,22H,8-10,13H2,1-7H3,(H,29,30)/t16-,18+,19-,22-/m0/s1. The zero-order chi connectivity index (χ0) is 28.6. The van der Waals surface area contributed by atoms with E-state index in [1.165, 1.54) is 13.1 Å². The Morgan fingerprint density at radius 2 is 1.76 bits per heavy atom. The van der Waals surface area contributed by atoms with Gasteiger partial charge in [-0.15, -0.1) is 0 Å². The first-order chi connectivity index (χ1) is 17.9. The molecule has 0 aliphatic carbocycles. The molecule has 210 valence electrons. The summed E-state index contributed by atoms with van der Waals surface area (Å²) in [5, 5.41) is 2.47. The van der Waals surface area contributed by atoms with Crippen molar-refractivity contribution in [2.24, 2.45) is 17.8 Å². The van der Waals surface area contributed by atoms with Gasteiger partial charge in [0.05, 0.1) is 17.8 Å². The molecule has 11 nitrogen and oxygen atoms in total. The Morgan fingerprint density at radius 1 is 1.11 bits per heavy atom. The van der Waals surface area contributed by atoms with Gasteiger partial charge in [-0.3, -0.25) is 19.2 Å². The molecule has 1 N–H and O–H groups in total. The first-order valence-electron chi connectivity index (χ1n) is 13.0. The topological polar surface area (TPSA) is 147 Å². The van der Waals surface area contributed by atoms with Gasteiger partial charge in [0.1, 0.15) is 12.7 Å². The Morgan fingerprint density at radius 3 is 2.34 bits per heavy atom. The summed E-state index contributed by atoms with van der Waals surface area (Å²) in [7, 11) is 0. The van der Waals surface area contributed by atoms with Crippen LogP contribution in [0, 0.1) is 24.7 Å². The zero-order valence-electron chi connectivity index (χ0n) is 23.1. The van der Waals surface area contributed by atoms with Crippen LogP contribution in [0.4, 0.5) is 0 Å². The highest BCUT2D eigenvalue weighted by atomic mass is 16.6. The third kappa shape index (κ3) is 7.52. The molecule has 1 fully saturated rings. The number of rotatable bonds is 9. The van der Waals surface area contributed by atoms with Crippen LogP contribution in [-0.2, 0) is 33.4 Å². The maximum Gasteiger partial charge on any atom is 0.332 e. The van der Waals surface area contributed by atoms with Gasteiger partial charge in [0.25, 0.3) is 5.91 Å².